The van der Waals surface area contributed by atoms with Crippen LogP contribution in [0.15, 0.2) is 39.7 Å². The van der Waals surface area contributed by atoms with E-state index in [9.17, 15) is 8.42 Å². The first kappa shape index (κ1) is 19.4. The molecule has 1 unspecified atom stereocenters. The number of hydrogen-bond acceptors (Lipinski definition) is 8. The Labute approximate surface area is 171 Å². The Bertz CT molecular complexity index is 1080. The Balaban J connectivity index is 1.53. The van der Waals surface area contributed by atoms with Crippen LogP contribution in [0.3, 0.4) is 0 Å². The normalized spacial score (nSPS) is 18.5. The number of allylic oxidation sites excluding steroid dienone is 1. The van der Waals surface area contributed by atoms with Gasteiger partial charge in [-0.3, -0.25) is 0 Å². The van der Waals surface area contributed by atoms with Gasteiger partial charge >= 0.3 is 0 Å². The van der Waals surface area contributed by atoms with Crippen LogP contribution >= 0.6 is 23.1 Å². The first-order valence-electron chi connectivity index (χ1n) is 8.84. The number of thiophene rings is 1. The molecule has 3 aromatic heterocycles. The highest BCUT2D eigenvalue weighted by molar-refractivity contribution is 7.98. The van der Waals surface area contributed by atoms with E-state index in [1.54, 1.807) is 17.4 Å². The molecule has 0 aliphatic carbocycles. The second-order valence-corrected chi connectivity index (χ2v) is 10.7. The zero-order valence-corrected chi connectivity index (χ0v) is 17.8. The summed E-state index contributed by atoms with van der Waals surface area (Å²) >= 11 is 3.11. The molecule has 0 amide bonds. The Morgan fingerprint density at radius 3 is 3.00 bits per heavy atom. The highest BCUT2D eigenvalue weighted by Crippen LogP contribution is 2.32. The molecule has 4 rings (SSSR count). The second-order valence-electron chi connectivity index (χ2n) is 6.63. The minimum Gasteiger partial charge on any atom is -0.440 e. The lowest BCUT2D eigenvalue weighted by molar-refractivity contribution is 0.542. The van der Waals surface area contributed by atoms with Crippen LogP contribution in [0.4, 0.5) is 0 Å². The Morgan fingerprint density at radius 2 is 2.32 bits per heavy atom. The Morgan fingerprint density at radius 1 is 1.46 bits per heavy atom. The molecule has 1 saturated heterocycles. The lowest BCUT2D eigenvalue weighted by atomic mass is 10.1. The average Bonchev–Trinajstić information content (AvgIpc) is 3.41. The maximum absolute atomic E-state index is 11.8. The smallest absolute Gasteiger partial charge is 0.236 e. The minimum absolute atomic E-state index is 0.106. The largest absolute Gasteiger partial charge is 0.440 e. The molecular formula is C18H20N4O3S3. The first-order chi connectivity index (χ1) is 13.5. The van der Waals surface area contributed by atoms with Crippen LogP contribution in [-0.2, 0) is 22.1 Å². The van der Waals surface area contributed by atoms with Crippen LogP contribution in [0.25, 0.3) is 10.8 Å². The quantitative estimate of drug-likeness (QED) is 0.412. The molecule has 7 nitrogen and oxygen atoms in total. The van der Waals surface area contributed by atoms with E-state index in [0.29, 0.717) is 24.6 Å². The van der Waals surface area contributed by atoms with E-state index in [1.807, 2.05) is 29.0 Å². The van der Waals surface area contributed by atoms with Gasteiger partial charge in [-0.2, -0.15) is 0 Å². The molecule has 0 spiro atoms. The molecule has 1 atom stereocenters. The van der Waals surface area contributed by atoms with Gasteiger partial charge in [0.25, 0.3) is 0 Å². The summed E-state index contributed by atoms with van der Waals surface area (Å²) < 4.78 is 31.4. The van der Waals surface area contributed by atoms with Gasteiger partial charge in [0.15, 0.2) is 15.0 Å². The summed E-state index contributed by atoms with van der Waals surface area (Å²) in [5, 5.41) is 11.3. The molecule has 0 radical (unpaired) electrons. The fourth-order valence-corrected chi connectivity index (χ4v) is 6.55. The minimum atomic E-state index is -2.98. The second kappa shape index (κ2) is 7.84. The molecule has 1 aliphatic heterocycles. The van der Waals surface area contributed by atoms with Crippen molar-refractivity contribution in [1.29, 1.82) is 0 Å². The first-order valence-corrected chi connectivity index (χ1v) is 12.5. The molecule has 1 fully saturated rings. The number of aryl methyl sites for hydroxylation is 1. The number of aromatic nitrogens is 4. The predicted molar refractivity (Wildman–Crippen MR) is 110 cm³/mol. The molecule has 4 heterocycles. The van der Waals surface area contributed by atoms with Gasteiger partial charge in [0, 0.05) is 18.2 Å². The molecule has 10 heteroatoms. The summed E-state index contributed by atoms with van der Waals surface area (Å²) in [7, 11) is -2.98. The van der Waals surface area contributed by atoms with Crippen LogP contribution in [0.2, 0.25) is 0 Å². The maximum atomic E-state index is 11.8. The average molecular weight is 437 g/mol. The highest BCUT2D eigenvalue weighted by Gasteiger charge is 2.33. The van der Waals surface area contributed by atoms with Gasteiger partial charge < -0.3 is 8.98 Å². The zero-order chi connectivity index (χ0) is 19.7. The third-order valence-corrected chi connectivity index (χ3v) is 8.22. The van der Waals surface area contributed by atoms with Crippen molar-refractivity contribution in [3.63, 3.8) is 0 Å². The monoisotopic (exact) mass is 436 g/mol. The number of oxazole rings is 1. The van der Waals surface area contributed by atoms with Crippen molar-refractivity contribution in [2.24, 2.45) is 0 Å². The zero-order valence-electron chi connectivity index (χ0n) is 15.4. The maximum Gasteiger partial charge on any atom is 0.236 e. The topological polar surface area (TPSA) is 90.9 Å². The molecule has 1 aliphatic rings. The van der Waals surface area contributed by atoms with Crippen LogP contribution < -0.4 is 0 Å². The summed E-state index contributed by atoms with van der Waals surface area (Å²) in [5.74, 6) is 2.98. The fourth-order valence-electron chi connectivity index (χ4n) is 3.21. The number of sulfone groups is 1. The van der Waals surface area contributed by atoms with Crippen LogP contribution in [0.1, 0.15) is 29.6 Å². The van der Waals surface area contributed by atoms with Crippen molar-refractivity contribution >= 4 is 32.9 Å². The number of hydrogen-bond donors (Lipinski definition) is 0. The Kier molecular flexibility index (Phi) is 5.44. The van der Waals surface area contributed by atoms with E-state index >= 15 is 0 Å². The van der Waals surface area contributed by atoms with Crippen molar-refractivity contribution in [3.8, 4) is 10.8 Å². The summed E-state index contributed by atoms with van der Waals surface area (Å²) in [6, 6.07) is 3.95. The molecule has 0 saturated carbocycles. The predicted octanol–water partition coefficient (Wildman–Crippen LogP) is 3.68. The van der Waals surface area contributed by atoms with Gasteiger partial charge in [0.05, 0.1) is 22.1 Å². The molecule has 0 bridgehead atoms. The third-order valence-electron chi connectivity index (χ3n) is 4.62. The lowest BCUT2D eigenvalue weighted by Crippen LogP contribution is -2.11. The SMILES string of the molecule is C=CCn1c(SCc2nc(-c3cccs3)oc2C)nnc1C1CCS(=O)(=O)C1. The van der Waals surface area contributed by atoms with E-state index < -0.39 is 9.84 Å². The van der Waals surface area contributed by atoms with Crippen LogP contribution in [0.5, 0.6) is 0 Å². The molecule has 3 aromatic rings. The van der Waals surface area contributed by atoms with E-state index in [-0.39, 0.29) is 17.4 Å². The van der Waals surface area contributed by atoms with Crippen molar-refractivity contribution in [2.45, 2.75) is 36.7 Å². The van der Waals surface area contributed by atoms with Gasteiger partial charge in [-0.25, -0.2) is 13.4 Å². The highest BCUT2D eigenvalue weighted by atomic mass is 32.2. The van der Waals surface area contributed by atoms with Crippen molar-refractivity contribution in [2.75, 3.05) is 11.5 Å². The molecule has 0 aromatic carbocycles. The summed E-state index contributed by atoms with van der Waals surface area (Å²) in [6.07, 6.45) is 2.37. The van der Waals surface area contributed by atoms with Gasteiger partial charge in [-0.15, -0.1) is 28.1 Å². The summed E-state index contributed by atoms with van der Waals surface area (Å²) in [4.78, 5) is 5.61. The van der Waals surface area contributed by atoms with Crippen LogP contribution in [0, 0.1) is 6.92 Å². The van der Waals surface area contributed by atoms with Crippen molar-refractivity contribution in [1.82, 2.24) is 19.7 Å². The van der Waals surface area contributed by atoms with Gasteiger partial charge in [-0.05, 0) is 24.8 Å². The Hall–Kier alpha value is -1.91. The van der Waals surface area contributed by atoms with E-state index in [4.69, 9.17) is 4.42 Å². The molecule has 148 valence electrons. The number of thioether (sulfide) groups is 1. The fraction of sp³-hybridized carbons (Fsp3) is 0.389. The number of rotatable bonds is 7. The third kappa shape index (κ3) is 3.94. The van der Waals surface area contributed by atoms with Crippen molar-refractivity contribution < 1.29 is 12.8 Å². The molecule has 0 N–H and O–H groups in total. The van der Waals surface area contributed by atoms with E-state index in [1.165, 1.54) is 11.8 Å². The standard InChI is InChI=1S/C18H20N4O3S3/c1-3-7-22-16(13-6-9-28(23,24)11-13)20-21-18(22)27-10-14-12(2)25-17(19-14)15-5-4-8-26-15/h3-5,8,13H,1,6-7,9-11H2,2H3. The van der Waals surface area contributed by atoms with Crippen molar-refractivity contribution in [3.05, 3.63) is 47.4 Å². The van der Waals surface area contributed by atoms with Crippen LogP contribution in [-0.4, -0.2) is 39.7 Å². The summed E-state index contributed by atoms with van der Waals surface area (Å²) in [5.41, 5.74) is 0.867. The van der Waals surface area contributed by atoms with E-state index in [2.05, 4.69) is 21.8 Å². The molecule has 28 heavy (non-hydrogen) atoms. The number of nitrogens with zero attached hydrogens (tertiary/aromatic N) is 4. The van der Waals surface area contributed by atoms with Gasteiger partial charge in [0.1, 0.15) is 11.6 Å². The van der Waals surface area contributed by atoms with E-state index in [0.717, 1.165) is 27.3 Å². The summed E-state index contributed by atoms with van der Waals surface area (Å²) in [6.45, 7) is 6.25. The van der Waals surface area contributed by atoms with Gasteiger partial charge in [0.2, 0.25) is 5.89 Å². The molecular weight excluding hydrogens is 416 g/mol. The van der Waals surface area contributed by atoms with Gasteiger partial charge in [-0.1, -0.05) is 23.9 Å². The lowest BCUT2D eigenvalue weighted by Gasteiger charge is -2.10.